The van der Waals surface area contributed by atoms with Crippen molar-refractivity contribution in [2.45, 2.75) is 84.0 Å². The third kappa shape index (κ3) is 10.5. The van der Waals surface area contributed by atoms with E-state index in [1.165, 1.54) is 12.3 Å². The van der Waals surface area contributed by atoms with Crippen molar-refractivity contribution in [3.63, 3.8) is 0 Å². The summed E-state index contributed by atoms with van der Waals surface area (Å²) in [5.41, 5.74) is -2.34. The Balaban J connectivity index is 1.96. The highest BCUT2D eigenvalue weighted by Crippen LogP contribution is 2.32. The van der Waals surface area contributed by atoms with Crippen molar-refractivity contribution < 1.29 is 48.3 Å². The van der Waals surface area contributed by atoms with E-state index in [1.54, 1.807) is 41.5 Å². The Morgan fingerprint density at radius 1 is 1.13 bits per heavy atom. The Labute approximate surface area is 224 Å². The molecular weight excluding hydrogens is 520 g/mol. The predicted octanol–water partition coefficient (Wildman–Crippen LogP) is 1.40. The summed E-state index contributed by atoms with van der Waals surface area (Å²) < 4.78 is 22.2. The number of aromatic nitrogens is 2. The van der Waals surface area contributed by atoms with Gasteiger partial charge >= 0.3 is 29.8 Å². The highest BCUT2D eigenvalue weighted by molar-refractivity contribution is 5.85. The van der Waals surface area contributed by atoms with Crippen LogP contribution in [-0.2, 0) is 28.5 Å². The zero-order chi connectivity index (χ0) is 29.5. The number of ether oxygens (including phenoxy) is 4. The first-order chi connectivity index (χ1) is 18.0. The molecule has 2 unspecified atom stereocenters. The van der Waals surface area contributed by atoms with Crippen LogP contribution >= 0.6 is 0 Å². The lowest BCUT2D eigenvalue weighted by molar-refractivity contribution is -0.153. The maximum absolute atomic E-state index is 12.6. The van der Waals surface area contributed by atoms with Gasteiger partial charge in [0.15, 0.2) is 0 Å². The van der Waals surface area contributed by atoms with Gasteiger partial charge in [-0.05, 0) is 47.6 Å². The average Bonchev–Trinajstić information content (AvgIpc) is 3.17. The molecule has 4 atom stereocenters. The lowest BCUT2D eigenvalue weighted by Crippen LogP contribution is -2.45. The number of aliphatic carboxylic acids is 1. The monoisotopic (exact) mass is 556 g/mol. The quantitative estimate of drug-likeness (QED) is 0.252. The van der Waals surface area contributed by atoms with E-state index >= 15 is 0 Å². The fourth-order valence-corrected chi connectivity index (χ4v) is 3.49. The number of nitrogens with zero attached hydrogens (tertiary/aromatic N) is 2. The molecule has 2 heterocycles. The second-order valence-electron chi connectivity index (χ2n) is 10.9. The van der Waals surface area contributed by atoms with Crippen LogP contribution in [0.2, 0.25) is 0 Å². The van der Waals surface area contributed by atoms with E-state index in [1.807, 2.05) is 0 Å². The molecule has 1 fully saturated rings. The van der Waals surface area contributed by atoms with Crippen molar-refractivity contribution in [1.29, 1.82) is 0 Å². The zero-order valence-electron chi connectivity index (χ0n) is 22.8. The van der Waals surface area contributed by atoms with Crippen LogP contribution in [0.1, 0.15) is 60.6 Å². The molecule has 1 aromatic rings. The number of esters is 1. The minimum atomic E-state index is -1.59. The highest BCUT2D eigenvalue weighted by Gasteiger charge is 2.37. The average molecular weight is 557 g/mol. The van der Waals surface area contributed by atoms with E-state index in [-0.39, 0.29) is 25.5 Å². The Bertz CT molecular complexity index is 1110. The molecule has 0 saturated carbocycles. The molecule has 1 aromatic heterocycles. The second kappa shape index (κ2) is 12.9. The molecule has 2 rings (SSSR count). The van der Waals surface area contributed by atoms with E-state index in [9.17, 15) is 34.2 Å². The SMILES string of the molecule is CC(C)(C)OC(=O)Nc1ccn([C@H]2C[C@H](CO)C(COC(=O)CC(NC(=O)OC(C)(C)C)C(=O)O)O2)c(=O)n1. The molecule has 0 aromatic carbocycles. The third-order valence-electron chi connectivity index (χ3n) is 5.13. The number of carbonyl (C=O) groups is 4. The Hall–Kier alpha value is -3.72. The second-order valence-corrected chi connectivity index (χ2v) is 10.9. The zero-order valence-corrected chi connectivity index (χ0v) is 22.8. The van der Waals surface area contributed by atoms with Crippen LogP contribution in [0.4, 0.5) is 15.4 Å². The molecule has 15 nitrogen and oxygen atoms in total. The van der Waals surface area contributed by atoms with Gasteiger partial charge in [-0.15, -0.1) is 0 Å². The number of carbonyl (C=O) groups excluding carboxylic acids is 3. The van der Waals surface area contributed by atoms with Gasteiger partial charge in [-0.1, -0.05) is 0 Å². The lowest BCUT2D eigenvalue weighted by Gasteiger charge is -2.22. The van der Waals surface area contributed by atoms with E-state index in [4.69, 9.17) is 18.9 Å². The molecule has 0 bridgehead atoms. The van der Waals surface area contributed by atoms with Crippen LogP contribution in [0.3, 0.4) is 0 Å². The van der Waals surface area contributed by atoms with E-state index in [2.05, 4.69) is 15.6 Å². The first kappa shape index (κ1) is 31.5. The van der Waals surface area contributed by atoms with Gasteiger partial charge in [0, 0.05) is 25.1 Å². The van der Waals surface area contributed by atoms with Crippen LogP contribution in [-0.4, -0.2) is 80.5 Å². The predicted molar refractivity (Wildman–Crippen MR) is 134 cm³/mol. The first-order valence-electron chi connectivity index (χ1n) is 12.2. The summed E-state index contributed by atoms with van der Waals surface area (Å²) in [6.45, 7) is 9.19. The van der Waals surface area contributed by atoms with Crippen LogP contribution in [0.15, 0.2) is 17.1 Å². The number of anilines is 1. The van der Waals surface area contributed by atoms with Gasteiger partial charge in [0.25, 0.3) is 0 Å². The van der Waals surface area contributed by atoms with Gasteiger partial charge in [-0.3, -0.25) is 14.7 Å². The Morgan fingerprint density at radius 2 is 1.74 bits per heavy atom. The summed E-state index contributed by atoms with van der Waals surface area (Å²) in [5, 5.41) is 23.6. The molecule has 39 heavy (non-hydrogen) atoms. The lowest BCUT2D eigenvalue weighted by atomic mass is 10.0. The molecule has 1 aliphatic heterocycles. The number of aliphatic hydroxyl groups excluding tert-OH is 1. The van der Waals surface area contributed by atoms with Crippen molar-refractivity contribution in [2.24, 2.45) is 5.92 Å². The van der Waals surface area contributed by atoms with Crippen molar-refractivity contribution in [1.82, 2.24) is 14.9 Å². The molecule has 1 aliphatic rings. The normalized spacial score (nSPS) is 20.0. The molecule has 2 amide bonds. The largest absolute Gasteiger partial charge is 0.480 e. The Morgan fingerprint density at radius 3 is 2.28 bits per heavy atom. The topological polar surface area (TPSA) is 205 Å². The number of hydrogen-bond acceptors (Lipinski definition) is 11. The van der Waals surface area contributed by atoms with Crippen LogP contribution in [0.5, 0.6) is 0 Å². The van der Waals surface area contributed by atoms with Gasteiger partial charge in [0.1, 0.15) is 35.9 Å². The molecular formula is C24H36N4O11. The van der Waals surface area contributed by atoms with Crippen molar-refractivity contribution in [3.8, 4) is 0 Å². The van der Waals surface area contributed by atoms with Crippen molar-refractivity contribution in [3.05, 3.63) is 22.7 Å². The summed E-state index contributed by atoms with van der Waals surface area (Å²) in [5.74, 6) is -2.93. The molecule has 15 heteroatoms. The van der Waals surface area contributed by atoms with Crippen LogP contribution in [0, 0.1) is 5.92 Å². The number of aliphatic hydroxyl groups is 1. The first-order valence-corrected chi connectivity index (χ1v) is 12.2. The number of alkyl carbamates (subject to hydrolysis) is 1. The standard InChI is InChI=1S/C24H36N4O11/c1-23(2,3)38-21(34)25-14(19(31)32)10-18(30)36-12-15-13(11-29)9-17(37-15)28-8-7-16(26-20(28)33)27-22(35)39-24(4,5)6/h7-8,13-15,17,29H,9-12H2,1-6H3,(H,25,34)(H,31,32)(H,26,27,33,35)/t13-,14?,15?,17-/m1/s1. The van der Waals surface area contributed by atoms with E-state index in [0.29, 0.717) is 0 Å². The maximum Gasteiger partial charge on any atom is 0.413 e. The number of amides is 2. The fraction of sp³-hybridized carbons (Fsp3) is 0.667. The number of carboxylic acids is 1. The van der Waals surface area contributed by atoms with Crippen LogP contribution in [0.25, 0.3) is 0 Å². The summed E-state index contributed by atoms with van der Waals surface area (Å²) in [6.07, 6.45) is -2.56. The molecule has 4 N–H and O–H groups in total. The molecule has 1 saturated heterocycles. The van der Waals surface area contributed by atoms with Gasteiger partial charge in [0.2, 0.25) is 0 Å². The smallest absolute Gasteiger partial charge is 0.413 e. The van der Waals surface area contributed by atoms with Crippen LogP contribution < -0.4 is 16.3 Å². The minimum absolute atomic E-state index is 0.0272. The summed E-state index contributed by atoms with van der Waals surface area (Å²) in [6, 6.07) is -0.213. The highest BCUT2D eigenvalue weighted by atomic mass is 16.6. The summed E-state index contributed by atoms with van der Waals surface area (Å²) >= 11 is 0. The molecule has 0 aliphatic carbocycles. The number of rotatable bonds is 9. The summed E-state index contributed by atoms with van der Waals surface area (Å²) in [7, 11) is 0. The van der Waals surface area contributed by atoms with E-state index < -0.39 is 71.7 Å². The van der Waals surface area contributed by atoms with Gasteiger partial charge in [-0.2, -0.15) is 4.98 Å². The van der Waals surface area contributed by atoms with Crippen molar-refractivity contribution >= 4 is 29.9 Å². The van der Waals surface area contributed by atoms with Gasteiger partial charge < -0.3 is 34.5 Å². The molecule has 0 radical (unpaired) electrons. The maximum atomic E-state index is 12.6. The minimum Gasteiger partial charge on any atom is -0.480 e. The van der Waals surface area contributed by atoms with E-state index in [0.717, 1.165) is 4.57 Å². The number of nitrogens with one attached hydrogen (secondary N) is 2. The van der Waals surface area contributed by atoms with Crippen molar-refractivity contribution in [2.75, 3.05) is 18.5 Å². The fourth-order valence-electron chi connectivity index (χ4n) is 3.49. The Kier molecular flexibility index (Phi) is 10.4. The number of hydrogen-bond donors (Lipinski definition) is 4. The number of carboxylic acid groups (broad SMARTS) is 1. The molecule has 218 valence electrons. The third-order valence-corrected chi connectivity index (χ3v) is 5.13. The summed E-state index contributed by atoms with van der Waals surface area (Å²) in [4.78, 5) is 63.9. The van der Waals surface area contributed by atoms with Gasteiger partial charge in [-0.25, -0.2) is 19.2 Å². The molecule has 0 spiro atoms. The van der Waals surface area contributed by atoms with Gasteiger partial charge in [0.05, 0.1) is 12.5 Å².